The summed E-state index contributed by atoms with van der Waals surface area (Å²) in [5.74, 6) is 0.166. The molecule has 2 N–H and O–H groups in total. The number of rotatable bonds is 6. The number of nitrogens with one attached hydrogen (secondary N) is 2. The normalized spacial score (nSPS) is 11.4. The van der Waals surface area contributed by atoms with Crippen LogP contribution in [0.1, 0.15) is 21.7 Å². The molecule has 2 aromatic heterocycles. The number of pyridine rings is 1. The number of aromatic nitrogens is 3. The number of nitrogens with zero attached hydrogens (tertiary/aromatic N) is 3. The molecule has 0 aliphatic heterocycles. The Morgan fingerprint density at radius 2 is 1.80 bits per heavy atom. The van der Waals surface area contributed by atoms with E-state index in [0.29, 0.717) is 17.2 Å². The maximum atomic E-state index is 12.7. The molecule has 0 saturated heterocycles. The zero-order valence-electron chi connectivity index (χ0n) is 16.1. The fourth-order valence-electron chi connectivity index (χ4n) is 2.91. The standard InChI is InChI=1S/C21H19N5O3S/c1-15-8-10-17(11-9-15)25-30(28,29)18-6-4-5-16(13-18)21(27)22-14-20-24-23-19-7-2-3-12-26(19)20/h2-13,25H,14H2,1H3,(H,22,27). The molecule has 0 bridgehead atoms. The van der Waals surface area contributed by atoms with Crippen molar-refractivity contribution in [1.29, 1.82) is 0 Å². The molecular formula is C21H19N5O3S. The fourth-order valence-corrected chi connectivity index (χ4v) is 4.02. The van der Waals surface area contributed by atoms with Crippen LogP contribution < -0.4 is 10.0 Å². The lowest BCUT2D eigenvalue weighted by Crippen LogP contribution is -2.24. The quantitative estimate of drug-likeness (QED) is 0.498. The van der Waals surface area contributed by atoms with E-state index in [1.165, 1.54) is 18.2 Å². The Morgan fingerprint density at radius 3 is 2.60 bits per heavy atom. The molecule has 152 valence electrons. The van der Waals surface area contributed by atoms with Crippen LogP contribution in [0.2, 0.25) is 0 Å². The molecule has 30 heavy (non-hydrogen) atoms. The molecule has 0 radical (unpaired) electrons. The molecule has 4 rings (SSSR count). The Balaban J connectivity index is 1.49. The number of amides is 1. The number of anilines is 1. The van der Waals surface area contributed by atoms with Crippen molar-refractivity contribution in [2.24, 2.45) is 0 Å². The topological polar surface area (TPSA) is 105 Å². The average Bonchev–Trinajstić information content (AvgIpc) is 3.17. The van der Waals surface area contributed by atoms with E-state index in [0.717, 1.165) is 5.56 Å². The van der Waals surface area contributed by atoms with Gasteiger partial charge in [0.15, 0.2) is 11.5 Å². The number of benzene rings is 2. The van der Waals surface area contributed by atoms with Crippen LogP contribution >= 0.6 is 0 Å². The first-order chi connectivity index (χ1) is 14.4. The molecular weight excluding hydrogens is 402 g/mol. The predicted octanol–water partition coefficient (Wildman–Crippen LogP) is 2.77. The van der Waals surface area contributed by atoms with Gasteiger partial charge in [-0.3, -0.25) is 13.9 Å². The number of fused-ring (bicyclic) bond motifs is 1. The molecule has 8 nitrogen and oxygen atoms in total. The highest BCUT2D eigenvalue weighted by Crippen LogP contribution is 2.18. The Bertz CT molecular complexity index is 1310. The molecule has 0 aliphatic carbocycles. The van der Waals surface area contributed by atoms with Crippen LogP contribution in [0.3, 0.4) is 0 Å². The number of hydrogen-bond donors (Lipinski definition) is 2. The maximum absolute atomic E-state index is 12.7. The van der Waals surface area contributed by atoms with E-state index >= 15 is 0 Å². The minimum Gasteiger partial charge on any atom is -0.345 e. The molecule has 1 amide bonds. The zero-order chi connectivity index (χ0) is 21.1. The summed E-state index contributed by atoms with van der Waals surface area (Å²) in [7, 11) is -3.83. The molecule has 0 saturated carbocycles. The first-order valence-corrected chi connectivity index (χ1v) is 10.7. The van der Waals surface area contributed by atoms with Gasteiger partial charge in [-0.25, -0.2) is 8.42 Å². The minimum atomic E-state index is -3.83. The van der Waals surface area contributed by atoms with Crippen LogP contribution in [-0.2, 0) is 16.6 Å². The highest BCUT2D eigenvalue weighted by atomic mass is 32.2. The van der Waals surface area contributed by atoms with E-state index in [9.17, 15) is 13.2 Å². The van der Waals surface area contributed by atoms with E-state index in [4.69, 9.17) is 0 Å². The lowest BCUT2D eigenvalue weighted by atomic mass is 10.2. The monoisotopic (exact) mass is 421 g/mol. The Kier molecular flexibility index (Phi) is 5.20. The summed E-state index contributed by atoms with van der Waals surface area (Å²) < 4.78 is 29.7. The van der Waals surface area contributed by atoms with Gasteiger partial charge in [0.05, 0.1) is 11.4 Å². The van der Waals surface area contributed by atoms with Gasteiger partial charge in [0.1, 0.15) is 0 Å². The van der Waals surface area contributed by atoms with Crippen molar-refractivity contribution in [3.05, 3.63) is 89.9 Å². The second-order valence-electron chi connectivity index (χ2n) is 6.73. The van der Waals surface area contributed by atoms with Crippen LogP contribution in [0, 0.1) is 6.92 Å². The fraction of sp³-hybridized carbons (Fsp3) is 0.0952. The molecule has 0 unspecified atom stereocenters. The second kappa shape index (κ2) is 7.96. The summed E-state index contributed by atoms with van der Waals surface area (Å²) in [6.45, 7) is 2.07. The van der Waals surface area contributed by atoms with Crippen LogP contribution in [0.25, 0.3) is 5.65 Å². The van der Waals surface area contributed by atoms with E-state index in [2.05, 4.69) is 20.2 Å². The van der Waals surface area contributed by atoms with E-state index < -0.39 is 15.9 Å². The third-order valence-corrected chi connectivity index (χ3v) is 5.88. The van der Waals surface area contributed by atoms with Crippen LogP contribution in [-0.4, -0.2) is 28.9 Å². The van der Waals surface area contributed by atoms with Gasteiger partial charge in [0, 0.05) is 17.4 Å². The Hall–Kier alpha value is -3.72. The number of hydrogen-bond acceptors (Lipinski definition) is 5. The third-order valence-electron chi connectivity index (χ3n) is 4.50. The first-order valence-electron chi connectivity index (χ1n) is 9.19. The smallest absolute Gasteiger partial charge is 0.261 e. The molecule has 0 atom stereocenters. The lowest BCUT2D eigenvalue weighted by Gasteiger charge is -2.10. The van der Waals surface area contributed by atoms with Gasteiger partial charge in [0.25, 0.3) is 15.9 Å². The Labute approximate surface area is 173 Å². The van der Waals surface area contributed by atoms with Crippen molar-refractivity contribution in [1.82, 2.24) is 19.9 Å². The van der Waals surface area contributed by atoms with Crippen molar-refractivity contribution in [2.45, 2.75) is 18.4 Å². The van der Waals surface area contributed by atoms with Gasteiger partial charge < -0.3 is 5.32 Å². The van der Waals surface area contributed by atoms with Crippen molar-refractivity contribution < 1.29 is 13.2 Å². The van der Waals surface area contributed by atoms with Crippen molar-refractivity contribution >= 4 is 27.3 Å². The molecule has 9 heteroatoms. The van der Waals surface area contributed by atoms with Gasteiger partial charge in [-0.1, -0.05) is 29.8 Å². The van der Waals surface area contributed by atoms with Crippen LogP contribution in [0.4, 0.5) is 5.69 Å². The Morgan fingerprint density at radius 1 is 1.00 bits per heavy atom. The number of sulfonamides is 1. The molecule has 0 spiro atoms. The minimum absolute atomic E-state index is 0.00338. The maximum Gasteiger partial charge on any atom is 0.261 e. The summed E-state index contributed by atoms with van der Waals surface area (Å²) in [6, 6.07) is 18.4. The van der Waals surface area contributed by atoms with Gasteiger partial charge >= 0.3 is 0 Å². The van der Waals surface area contributed by atoms with Gasteiger partial charge in [-0.05, 0) is 49.4 Å². The summed E-state index contributed by atoms with van der Waals surface area (Å²) >= 11 is 0. The number of aryl methyl sites for hydroxylation is 1. The summed E-state index contributed by atoms with van der Waals surface area (Å²) in [6.07, 6.45) is 1.81. The molecule has 0 aliphatic rings. The van der Waals surface area contributed by atoms with Crippen molar-refractivity contribution in [3.8, 4) is 0 Å². The molecule has 2 heterocycles. The van der Waals surface area contributed by atoms with Gasteiger partial charge in [-0.2, -0.15) is 0 Å². The van der Waals surface area contributed by atoms with Crippen LogP contribution in [0.15, 0.2) is 77.8 Å². The molecule has 2 aromatic carbocycles. The second-order valence-corrected chi connectivity index (χ2v) is 8.41. The number of carbonyl (C=O) groups excluding carboxylic acids is 1. The van der Waals surface area contributed by atoms with Crippen molar-refractivity contribution in [2.75, 3.05) is 4.72 Å². The van der Waals surface area contributed by atoms with E-state index in [-0.39, 0.29) is 17.0 Å². The summed E-state index contributed by atoms with van der Waals surface area (Å²) in [4.78, 5) is 12.6. The summed E-state index contributed by atoms with van der Waals surface area (Å²) in [5, 5.41) is 10.8. The van der Waals surface area contributed by atoms with Gasteiger partial charge in [0.2, 0.25) is 0 Å². The third kappa shape index (κ3) is 4.15. The largest absolute Gasteiger partial charge is 0.345 e. The highest BCUT2D eigenvalue weighted by molar-refractivity contribution is 7.92. The van der Waals surface area contributed by atoms with E-state index in [1.807, 2.05) is 37.3 Å². The lowest BCUT2D eigenvalue weighted by molar-refractivity contribution is 0.0949. The summed E-state index contributed by atoms with van der Waals surface area (Å²) in [5.41, 5.74) is 2.39. The average molecular weight is 421 g/mol. The highest BCUT2D eigenvalue weighted by Gasteiger charge is 2.17. The van der Waals surface area contributed by atoms with Crippen molar-refractivity contribution in [3.63, 3.8) is 0 Å². The first kappa shape index (κ1) is 19.6. The van der Waals surface area contributed by atoms with Crippen LogP contribution in [0.5, 0.6) is 0 Å². The van der Waals surface area contributed by atoms with Gasteiger partial charge in [-0.15, -0.1) is 10.2 Å². The molecule has 4 aromatic rings. The predicted molar refractivity (Wildman–Crippen MR) is 113 cm³/mol. The zero-order valence-corrected chi connectivity index (χ0v) is 16.9. The molecule has 0 fully saturated rings. The SMILES string of the molecule is Cc1ccc(NS(=O)(=O)c2cccc(C(=O)NCc3nnc4ccccn34)c2)cc1. The number of carbonyl (C=O) groups is 1. The van der Waals surface area contributed by atoms with E-state index in [1.54, 1.807) is 28.8 Å².